The monoisotopic (exact) mass is 418 g/mol. The Hall–Kier alpha value is -4.20. The van der Waals surface area contributed by atoms with Gasteiger partial charge in [0.2, 0.25) is 5.91 Å². The largest absolute Gasteiger partial charge is 0.350 e. The van der Waals surface area contributed by atoms with E-state index in [9.17, 15) is 19.7 Å². The van der Waals surface area contributed by atoms with Crippen LogP contribution in [0.3, 0.4) is 0 Å². The van der Waals surface area contributed by atoms with Gasteiger partial charge in [0.05, 0.1) is 4.92 Å². The van der Waals surface area contributed by atoms with Crippen molar-refractivity contribution >= 4 is 34.6 Å². The van der Waals surface area contributed by atoms with E-state index in [0.717, 1.165) is 5.56 Å². The Balaban J connectivity index is 1.84. The lowest BCUT2D eigenvalue weighted by atomic mass is 10.1. The fourth-order valence-electron chi connectivity index (χ4n) is 2.95. The predicted molar refractivity (Wildman–Crippen MR) is 119 cm³/mol. The van der Waals surface area contributed by atoms with Crippen molar-refractivity contribution in [2.75, 3.05) is 17.7 Å². The van der Waals surface area contributed by atoms with Gasteiger partial charge in [0, 0.05) is 43.5 Å². The highest BCUT2D eigenvalue weighted by molar-refractivity contribution is 6.05. The number of amides is 2. The molecule has 0 bridgehead atoms. The highest BCUT2D eigenvalue weighted by atomic mass is 16.6. The maximum Gasteiger partial charge on any atom is 0.293 e. The highest BCUT2D eigenvalue weighted by Crippen LogP contribution is 2.29. The summed E-state index contributed by atoms with van der Waals surface area (Å²) in [6.07, 6.45) is 0. The van der Waals surface area contributed by atoms with Crippen LogP contribution in [0.25, 0.3) is 0 Å². The Morgan fingerprint density at radius 1 is 0.968 bits per heavy atom. The molecule has 3 rings (SSSR count). The van der Waals surface area contributed by atoms with E-state index in [4.69, 9.17) is 0 Å². The summed E-state index contributed by atoms with van der Waals surface area (Å²) < 4.78 is 0. The van der Waals surface area contributed by atoms with Gasteiger partial charge < -0.3 is 15.5 Å². The number of nitrogens with one attached hydrogen (secondary N) is 2. The van der Waals surface area contributed by atoms with E-state index in [1.54, 1.807) is 31.3 Å². The summed E-state index contributed by atoms with van der Waals surface area (Å²) in [4.78, 5) is 36.9. The molecule has 0 spiro atoms. The molecule has 0 saturated carbocycles. The van der Waals surface area contributed by atoms with Gasteiger partial charge in [0.1, 0.15) is 5.69 Å². The first-order valence-corrected chi connectivity index (χ1v) is 9.56. The first-order chi connectivity index (χ1) is 14.8. The zero-order chi connectivity index (χ0) is 22.4. The molecule has 0 heterocycles. The molecule has 2 amide bonds. The first-order valence-electron chi connectivity index (χ1n) is 9.56. The van der Waals surface area contributed by atoms with Crippen LogP contribution < -0.4 is 10.6 Å². The molecular formula is C23H22N4O4. The molecule has 8 heteroatoms. The van der Waals surface area contributed by atoms with Crippen LogP contribution in [0.2, 0.25) is 0 Å². The molecule has 0 radical (unpaired) electrons. The molecule has 0 aromatic heterocycles. The Morgan fingerprint density at radius 2 is 1.65 bits per heavy atom. The van der Waals surface area contributed by atoms with Crippen LogP contribution in [0.15, 0.2) is 72.8 Å². The summed E-state index contributed by atoms with van der Waals surface area (Å²) in [5.41, 5.74) is 2.23. The summed E-state index contributed by atoms with van der Waals surface area (Å²) in [7, 11) is 1.67. The molecule has 0 unspecified atom stereocenters. The molecule has 0 fully saturated rings. The van der Waals surface area contributed by atoms with Gasteiger partial charge in [0.25, 0.3) is 11.6 Å². The van der Waals surface area contributed by atoms with E-state index in [2.05, 4.69) is 10.6 Å². The smallest absolute Gasteiger partial charge is 0.293 e. The van der Waals surface area contributed by atoms with E-state index in [1.165, 1.54) is 30.0 Å². The van der Waals surface area contributed by atoms with Gasteiger partial charge in [-0.05, 0) is 35.9 Å². The molecular weight excluding hydrogens is 396 g/mol. The fourth-order valence-corrected chi connectivity index (χ4v) is 2.95. The minimum atomic E-state index is -0.530. The third-order valence-electron chi connectivity index (χ3n) is 4.72. The molecule has 0 saturated heterocycles. The number of rotatable bonds is 7. The quantitative estimate of drug-likeness (QED) is 0.432. The third kappa shape index (κ3) is 5.45. The molecule has 3 aromatic rings. The fraction of sp³-hybridized carbons (Fsp3) is 0.130. The number of carbonyl (C=O) groups is 2. The average Bonchev–Trinajstić information content (AvgIpc) is 2.75. The van der Waals surface area contributed by atoms with Gasteiger partial charge in [-0.3, -0.25) is 19.7 Å². The molecule has 0 aliphatic heterocycles. The van der Waals surface area contributed by atoms with Gasteiger partial charge >= 0.3 is 0 Å². The molecule has 0 aliphatic carbocycles. The standard InChI is InChI=1S/C23H22N4O4/c1-16(28)26(2)15-18-8-6-7-11-20(18)25-23(29)17-12-13-21(22(14-17)27(30)31)24-19-9-4-3-5-10-19/h3-14,24H,15H2,1-2H3,(H,25,29). The number of hydrogen-bond acceptors (Lipinski definition) is 5. The van der Waals surface area contributed by atoms with Crippen molar-refractivity contribution in [2.45, 2.75) is 13.5 Å². The second-order valence-electron chi connectivity index (χ2n) is 6.97. The van der Waals surface area contributed by atoms with E-state index in [0.29, 0.717) is 17.9 Å². The van der Waals surface area contributed by atoms with E-state index in [-0.39, 0.29) is 22.8 Å². The van der Waals surface area contributed by atoms with Crippen LogP contribution in [0.5, 0.6) is 0 Å². The van der Waals surface area contributed by atoms with Crippen molar-refractivity contribution in [3.05, 3.63) is 94.0 Å². The summed E-state index contributed by atoms with van der Waals surface area (Å²) >= 11 is 0. The van der Waals surface area contributed by atoms with Gasteiger partial charge in [-0.15, -0.1) is 0 Å². The van der Waals surface area contributed by atoms with Crippen LogP contribution in [0, 0.1) is 10.1 Å². The lowest BCUT2D eigenvalue weighted by molar-refractivity contribution is -0.383. The molecule has 158 valence electrons. The minimum absolute atomic E-state index is 0.0988. The van der Waals surface area contributed by atoms with E-state index < -0.39 is 10.8 Å². The number of hydrogen-bond donors (Lipinski definition) is 2. The Labute approximate surface area is 179 Å². The van der Waals surface area contributed by atoms with Crippen LogP contribution in [0.1, 0.15) is 22.8 Å². The van der Waals surface area contributed by atoms with Crippen molar-refractivity contribution in [1.82, 2.24) is 4.90 Å². The maximum absolute atomic E-state index is 12.8. The Kier molecular flexibility index (Phi) is 6.61. The predicted octanol–water partition coefficient (Wildman–Crippen LogP) is 4.57. The van der Waals surface area contributed by atoms with Crippen molar-refractivity contribution in [1.29, 1.82) is 0 Å². The van der Waals surface area contributed by atoms with E-state index >= 15 is 0 Å². The second kappa shape index (κ2) is 9.53. The Bertz CT molecular complexity index is 1120. The van der Waals surface area contributed by atoms with Crippen LogP contribution in [-0.2, 0) is 11.3 Å². The summed E-state index contributed by atoms with van der Waals surface area (Å²) in [6, 6.07) is 20.4. The summed E-state index contributed by atoms with van der Waals surface area (Å²) in [5.74, 6) is -0.578. The number of carbonyl (C=O) groups excluding carboxylic acids is 2. The number of nitro benzene ring substituents is 1. The second-order valence-corrected chi connectivity index (χ2v) is 6.97. The van der Waals surface area contributed by atoms with Gasteiger partial charge in [-0.25, -0.2) is 0 Å². The summed E-state index contributed by atoms with van der Waals surface area (Å²) in [5, 5.41) is 17.4. The third-order valence-corrected chi connectivity index (χ3v) is 4.72. The topological polar surface area (TPSA) is 105 Å². The Morgan fingerprint density at radius 3 is 2.32 bits per heavy atom. The highest BCUT2D eigenvalue weighted by Gasteiger charge is 2.19. The normalized spacial score (nSPS) is 10.3. The SMILES string of the molecule is CC(=O)N(C)Cc1ccccc1NC(=O)c1ccc(Nc2ccccc2)c([N+](=O)[O-])c1. The summed E-state index contributed by atoms with van der Waals surface area (Å²) in [6.45, 7) is 1.79. The molecule has 0 aliphatic rings. The number of para-hydroxylation sites is 2. The van der Waals surface area contributed by atoms with E-state index in [1.807, 2.05) is 30.3 Å². The van der Waals surface area contributed by atoms with Crippen molar-refractivity contribution in [3.8, 4) is 0 Å². The number of anilines is 3. The molecule has 2 N–H and O–H groups in total. The average molecular weight is 418 g/mol. The van der Waals surface area contributed by atoms with Crippen molar-refractivity contribution in [2.24, 2.45) is 0 Å². The molecule has 0 atom stereocenters. The van der Waals surface area contributed by atoms with Gasteiger partial charge in [-0.2, -0.15) is 0 Å². The minimum Gasteiger partial charge on any atom is -0.350 e. The van der Waals surface area contributed by atoms with Crippen molar-refractivity contribution in [3.63, 3.8) is 0 Å². The zero-order valence-corrected chi connectivity index (χ0v) is 17.2. The molecule has 8 nitrogen and oxygen atoms in total. The number of nitro groups is 1. The van der Waals surface area contributed by atoms with Crippen LogP contribution in [0.4, 0.5) is 22.7 Å². The zero-order valence-electron chi connectivity index (χ0n) is 17.2. The molecule has 3 aromatic carbocycles. The number of nitrogens with zero attached hydrogens (tertiary/aromatic N) is 2. The lowest BCUT2D eigenvalue weighted by Gasteiger charge is -2.18. The number of benzene rings is 3. The molecule has 31 heavy (non-hydrogen) atoms. The lowest BCUT2D eigenvalue weighted by Crippen LogP contribution is -2.24. The van der Waals surface area contributed by atoms with Crippen LogP contribution in [-0.4, -0.2) is 28.7 Å². The van der Waals surface area contributed by atoms with Crippen LogP contribution >= 0.6 is 0 Å². The first kappa shape index (κ1) is 21.5. The van der Waals surface area contributed by atoms with Crippen molar-refractivity contribution < 1.29 is 14.5 Å². The maximum atomic E-state index is 12.8. The van der Waals surface area contributed by atoms with Gasteiger partial charge in [0.15, 0.2) is 0 Å². The van der Waals surface area contributed by atoms with Gasteiger partial charge in [-0.1, -0.05) is 36.4 Å².